The molecule has 7 nitrogen and oxygen atoms in total. The molecule has 1 heterocycles. The van der Waals surface area contributed by atoms with E-state index < -0.39 is 17.6 Å². The number of imide groups is 1. The van der Waals surface area contributed by atoms with Crippen molar-refractivity contribution in [2.24, 2.45) is 5.92 Å². The van der Waals surface area contributed by atoms with Gasteiger partial charge >= 0.3 is 11.7 Å². The zero-order valence-corrected chi connectivity index (χ0v) is 13.6. The highest BCUT2D eigenvalue weighted by molar-refractivity contribution is 5.95. The Hall–Kier alpha value is -2.83. The van der Waals surface area contributed by atoms with Gasteiger partial charge in [-0.3, -0.25) is 10.1 Å². The highest BCUT2D eigenvalue weighted by atomic mass is 16.5. The van der Waals surface area contributed by atoms with Crippen LogP contribution in [-0.4, -0.2) is 25.1 Å². The summed E-state index contributed by atoms with van der Waals surface area (Å²) in [4.78, 5) is 34.4. The molecule has 0 aliphatic rings. The van der Waals surface area contributed by atoms with Crippen LogP contribution in [-0.2, 0) is 4.79 Å². The van der Waals surface area contributed by atoms with Gasteiger partial charge in [-0.1, -0.05) is 13.8 Å². The molecule has 1 aromatic heterocycles. The van der Waals surface area contributed by atoms with Crippen LogP contribution in [0.2, 0.25) is 0 Å². The third-order valence-corrected chi connectivity index (χ3v) is 3.22. The molecule has 2 aromatic rings. The van der Waals surface area contributed by atoms with Crippen molar-refractivity contribution < 1.29 is 18.7 Å². The summed E-state index contributed by atoms with van der Waals surface area (Å²) in [5.74, 6) is 0.274. The summed E-state index contributed by atoms with van der Waals surface area (Å²) in [6, 6.07) is 7.30. The largest absolute Gasteiger partial charge is 0.484 e. The minimum atomic E-state index is -0.563. The number of carbonyl (C=O) groups is 2. The Morgan fingerprint density at radius 2 is 1.96 bits per heavy atom. The smallest absolute Gasteiger partial charge is 0.336 e. The summed E-state index contributed by atoms with van der Waals surface area (Å²) in [7, 11) is 0. The molecule has 3 amide bonds. The van der Waals surface area contributed by atoms with E-state index in [-0.39, 0.29) is 6.61 Å². The molecule has 0 aliphatic heterocycles. The van der Waals surface area contributed by atoms with E-state index in [1.165, 1.54) is 12.1 Å². The molecule has 0 saturated carbocycles. The first-order valence-corrected chi connectivity index (χ1v) is 7.68. The Morgan fingerprint density at radius 1 is 1.21 bits per heavy atom. The van der Waals surface area contributed by atoms with E-state index in [4.69, 9.17) is 9.15 Å². The minimum absolute atomic E-state index is 0.319. The normalized spacial score (nSPS) is 10.6. The Kier molecular flexibility index (Phi) is 5.95. The summed E-state index contributed by atoms with van der Waals surface area (Å²) < 4.78 is 10.3. The molecule has 0 atom stereocenters. The Morgan fingerprint density at radius 3 is 2.71 bits per heavy atom. The number of amides is 3. The number of nitrogens with one attached hydrogen (secondary N) is 2. The number of urea groups is 1. The lowest BCUT2D eigenvalue weighted by molar-refractivity contribution is -0.122. The second-order valence-electron chi connectivity index (χ2n) is 5.73. The maximum absolute atomic E-state index is 11.7. The predicted molar refractivity (Wildman–Crippen MR) is 89.0 cm³/mol. The highest BCUT2D eigenvalue weighted by Crippen LogP contribution is 2.19. The number of benzene rings is 1. The maximum Gasteiger partial charge on any atom is 0.336 e. The summed E-state index contributed by atoms with van der Waals surface area (Å²) in [5, 5.41) is 5.53. The number of carbonyl (C=O) groups excluding carboxylic acids is 2. The van der Waals surface area contributed by atoms with Gasteiger partial charge in [0.25, 0.3) is 5.91 Å². The van der Waals surface area contributed by atoms with Crippen molar-refractivity contribution in [2.75, 3.05) is 13.2 Å². The van der Waals surface area contributed by atoms with E-state index in [1.54, 1.807) is 18.2 Å². The van der Waals surface area contributed by atoms with Crippen LogP contribution < -0.4 is 21.0 Å². The fraction of sp³-hybridized carbons (Fsp3) is 0.353. The molecule has 7 heteroatoms. The molecule has 24 heavy (non-hydrogen) atoms. The molecule has 0 unspecified atom stereocenters. The van der Waals surface area contributed by atoms with Crippen LogP contribution in [0.3, 0.4) is 0 Å². The van der Waals surface area contributed by atoms with Crippen molar-refractivity contribution in [1.82, 2.24) is 10.6 Å². The van der Waals surface area contributed by atoms with Crippen LogP contribution >= 0.6 is 0 Å². The fourth-order valence-corrected chi connectivity index (χ4v) is 1.96. The average Bonchev–Trinajstić information content (AvgIpc) is 2.52. The number of fused-ring (bicyclic) bond motifs is 1. The quantitative estimate of drug-likeness (QED) is 0.789. The second kappa shape index (κ2) is 8.14. The predicted octanol–water partition coefficient (Wildman–Crippen LogP) is 2.04. The Balaban J connectivity index is 1.83. The first-order chi connectivity index (χ1) is 11.4. The molecule has 0 saturated heterocycles. The molecule has 0 bridgehead atoms. The summed E-state index contributed by atoms with van der Waals surface area (Å²) >= 11 is 0. The molecule has 0 aliphatic carbocycles. The van der Waals surface area contributed by atoms with Crippen LogP contribution in [0.5, 0.6) is 5.75 Å². The summed E-state index contributed by atoms with van der Waals surface area (Å²) in [6.45, 7) is 4.27. The van der Waals surface area contributed by atoms with Crippen LogP contribution in [0.15, 0.2) is 39.5 Å². The van der Waals surface area contributed by atoms with Crippen LogP contribution in [0, 0.1) is 5.92 Å². The molecule has 1 aromatic carbocycles. The van der Waals surface area contributed by atoms with Crippen LogP contribution in [0.25, 0.3) is 11.0 Å². The van der Waals surface area contributed by atoms with Gasteiger partial charge in [0, 0.05) is 24.1 Å². The molecule has 0 spiro atoms. The van der Waals surface area contributed by atoms with Gasteiger partial charge in [0.2, 0.25) is 0 Å². The minimum Gasteiger partial charge on any atom is -0.484 e. The molecule has 128 valence electrons. The van der Waals surface area contributed by atoms with Gasteiger partial charge in [-0.15, -0.1) is 0 Å². The van der Waals surface area contributed by atoms with Gasteiger partial charge in [-0.05, 0) is 30.5 Å². The lowest BCUT2D eigenvalue weighted by Gasteiger charge is -2.09. The average molecular weight is 332 g/mol. The maximum atomic E-state index is 11.7. The molecule has 2 N–H and O–H groups in total. The lowest BCUT2D eigenvalue weighted by atomic mass is 10.1. The molecule has 0 fully saturated rings. The first kappa shape index (κ1) is 17.5. The third kappa shape index (κ3) is 5.42. The van der Waals surface area contributed by atoms with Gasteiger partial charge in [0.15, 0.2) is 6.61 Å². The molecule has 2 rings (SSSR count). The van der Waals surface area contributed by atoms with Crippen molar-refractivity contribution in [3.8, 4) is 5.75 Å². The monoisotopic (exact) mass is 332 g/mol. The zero-order chi connectivity index (χ0) is 17.5. The van der Waals surface area contributed by atoms with E-state index >= 15 is 0 Å². The Bertz CT molecular complexity index is 782. The van der Waals surface area contributed by atoms with Gasteiger partial charge in [-0.2, -0.15) is 0 Å². The van der Waals surface area contributed by atoms with Gasteiger partial charge in [0.05, 0.1) is 0 Å². The van der Waals surface area contributed by atoms with Crippen molar-refractivity contribution in [1.29, 1.82) is 0 Å². The SMILES string of the molecule is CC(C)CCNC(=O)NC(=O)COc1ccc2ccc(=O)oc2c1. The lowest BCUT2D eigenvalue weighted by Crippen LogP contribution is -2.42. The number of ether oxygens (including phenoxy) is 1. The molecular weight excluding hydrogens is 312 g/mol. The number of hydrogen-bond acceptors (Lipinski definition) is 5. The summed E-state index contributed by atoms with van der Waals surface area (Å²) in [5.41, 5.74) is -0.0951. The van der Waals surface area contributed by atoms with E-state index in [0.29, 0.717) is 23.8 Å². The van der Waals surface area contributed by atoms with E-state index in [0.717, 1.165) is 11.8 Å². The third-order valence-electron chi connectivity index (χ3n) is 3.22. The van der Waals surface area contributed by atoms with Gasteiger partial charge in [0.1, 0.15) is 11.3 Å². The molecule has 0 radical (unpaired) electrons. The molecular formula is C17H20N2O5. The highest BCUT2D eigenvalue weighted by Gasteiger charge is 2.09. The van der Waals surface area contributed by atoms with E-state index in [9.17, 15) is 14.4 Å². The number of rotatable bonds is 6. The van der Waals surface area contributed by atoms with Crippen molar-refractivity contribution >= 4 is 22.9 Å². The summed E-state index contributed by atoms with van der Waals surface area (Å²) in [6.07, 6.45) is 0.834. The standard InChI is InChI=1S/C17H20N2O5/c1-11(2)7-8-18-17(22)19-15(20)10-23-13-5-3-12-4-6-16(21)24-14(12)9-13/h3-6,9,11H,7-8,10H2,1-2H3,(H2,18,19,20,22). The van der Waals surface area contributed by atoms with Crippen molar-refractivity contribution in [3.05, 3.63) is 40.8 Å². The van der Waals surface area contributed by atoms with Crippen molar-refractivity contribution in [3.63, 3.8) is 0 Å². The topological polar surface area (TPSA) is 97.6 Å². The zero-order valence-electron chi connectivity index (χ0n) is 13.6. The Labute approximate surface area is 139 Å². The van der Waals surface area contributed by atoms with Crippen molar-refractivity contribution in [2.45, 2.75) is 20.3 Å². The van der Waals surface area contributed by atoms with E-state index in [1.807, 2.05) is 13.8 Å². The van der Waals surface area contributed by atoms with E-state index in [2.05, 4.69) is 10.6 Å². The second-order valence-corrected chi connectivity index (χ2v) is 5.73. The number of hydrogen-bond donors (Lipinski definition) is 2. The van der Waals surface area contributed by atoms with Gasteiger partial charge < -0.3 is 14.5 Å². The van der Waals surface area contributed by atoms with Crippen LogP contribution in [0.1, 0.15) is 20.3 Å². The first-order valence-electron chi connectivity index (χ1n) is 7.68. The fourth-order valence-electron chi connectivity index (χ4n) is 1.96. The van der Waals surface area contributed by atoms with Crippen LogP contribution in [0.4, 0.5) is 4.79 Å². The van der Waals surface area contributed by atoms with Gasteiger partial charge in [-0.25, -0.2) is 9.59 Å².